The Morgan fingerprint density at radius 1 is 1.06 bits per heavy atom. The summed E-state index contributed by atoms with van der Waals surface area (Å²) in [6.45, 7) is 7.96. The van der Waals surface area contributed by atoms with Crippen LogP contribution in [-0.2, 0) is 44.9 Å². The average Bonchev–Trinajstić information content (AvgIpc) is 2.97. The molecule has 15 heteroatoms. The smallest absolute Gasteiger partial charge is 0.387 e. The quantitative estimate of drug-likeness (QED) is 0.166. The Kier molecular flexibility index (Phi) is 7.05. The van der Waals surface area contributed by atoms with Crippen LogP contribution in [0.2, 0.25) is 0 Å². The molecule has 0 aliphatic heterocycles. The minimum Gasteiger partial charge on any atom is -0.387 e. The summed E-state index contributed by atoms with van der Waals surface area (Å²) >= 11 is 0. The Morgan fingerprint density at radius 3 is 2.22 bits per heavy atom. The molecule has 0 amide bonds. The summed E-state index contributed by atoms with van der Waals surface area (Å²) in [5.41, 5.74) is -3.84. The van der Waals surface area contributed by atoms with E-state index in [0.29, 0.717) is 17.9 Å². The molecule has 0 aromatic heterocycles. The molecule has 0 heterocycles. The highest BCUT2D eigenvalue weighted by molar-refractivity contribution is 7.80. The largest absolute Gasteiger partial charge is 0.397 e. The number of aliphatic hydroxyl groups excluding tert-OH is 1. The van der Waals surface area contributed by atoms with Crippen molar-refractivity contribution in [3.05, 3.63) is 11.6 Å². The molecule has 36 heavy (non-hydrogen) atoms. The van der Waals surface area contributed by atoms with E-state index in [1.807, 2.05) is 6.08 Å². The Balaban J connectivity index is 1.93. The molecule has 208 valence electrons. The van der Waals surface area contributed by atoms with Gasteiger partial charge < -0.3 is 10.2 Å². The van der Waals surface area contributed by atoms with Gasteiger partial charge in [-0.2, -0.15) is 8.42 Å². The summed E-state index contributed by atoms with van der Waals surface area (Å²) in [4.78, 5) is 0. The fraction of sp³-hybridized carbons (Fsp3) is 0.905. The van der Waals surface area contributed by atoms with Crippen LogP contribution in [0.5, 0.6) is 0 Å². The minimum absolute atomic E-state index is 0.0921. The fourth-order valence-electron chi connectivity index (χ4n) is 7.94. The van der Waals surface area contributed by atoms with Crippen LogP contribution in [-0.4, -0.2) is 70.0 Å². The van der Waals surface area contributed by atoms with Gasteiger partial charge in [0.05, 0.1) is 0 Å². The van der Waals surface area contributed by atoms with Crippen molar-refractivity contribution in [2.45, 2.75) is 89.8 Å². The van der Waals surface area contributed by atoms with Crippen molar-refractivity contribution in [3.8, 4) is 0 Å². The Morgan fingerprint density at radius 2 is 1.67 bits per heavy atom. The van der Waals surface area contributed by atoms with Gasteiger partial charge in [-0.05, 0) is 54.8 Å². The lowest BCUT2D eigenvalue weighted by molar-refractivity contribution is -0.272. The predicted molar refractivity (Wildman–Crippen MR) is 126 cm³/mol. The summed E-state index contributed by atoms with van der Waals surface area (Å²) in [6.07, 6.45) is -3.33. The van der Waals surface area contributed by atoms with Gasteiger partial charge in [0, 0.05) is 5.41 Å². The van der Waals surface area contributed by atoms with Crippen molar-refractivity contribution in [3.63, 3.8) is 0 Å². The van der Waals surface area contributed by atoms with Gasteiger partial charge >= 0.3 is 10.4 Å². The first-order valence-corrected chi connectivity index (χ1v) is 15.4. The molecule has 0 spiro atoms. The van der Waals surface area contributed by atoms with Gasteiger partial charge in [-0.15, -0.1) is 0 Å². The number of rotatable bonds is 6. The second-order valence-corrected chi connectivity index (χ2v) is 13.8. The maximum Gasteiger partial charge on any atom is 0.397 e. The molecule has 4 aliphatic rings. The number of thiol groups is 2. The lowest BCUT2D eigenvalue weighted by Crippen LogP contribution is -2.76. The molecule has 0 aromatic rings. The van der Waals surface area contributed by atoms with Crippen molar-refractivity contribution in [2.24, 2.45) is 28.1 Å². The lowest BCUT2D eigenvalue weighted by atomic mass is 9.42. The van der Waals surface area contributed by atoms with Crippen LogP contribution in [0.1, 0.15) is 59.8 Å². The van der Waals surface area contributed by atoms with E-state index in [4.69, 9.17) is 12.5 Å². The molecule has 0 aromatic carbocycles. The summed E-state index contributed by atoms with van der Waals surface area (Å²) in [6, 6.07) is 0. The number of aliphatic hydroxyl groups is 2. The maximum atomic E-state index is 12.1. The van der Waals surface area contributed by atoms with E-state index in [1.165, 1.54) is 0 Å². The molecule has 0 saturated heterocycles. The molecule has 4 aliphatic carbocycles. The molecular formula is C21H34O12S3. The second-order valence-electron chi connectivity index (χ2n) is 11.4. The maximum absolute atomic E-state index is 12.1. The van der Waals surface area contributed by atoms with Gasteiger partial charge in [0.15, 0.2) is 0 Å². The SMILES string of the molecule is C[C@H]1CC[C@@]2(C)[C@@H]3C[C@H](OS(=O)(=O)O)[C@@]4(O)[C@@H](O)[C@H](O[SH](=O)=O)[C@@H](O[SH](=O)=O)C[C@]4(C)C3=CC[C@]12C. The van der Waals surface area contributed by atoms with E-state index in [1.54, 1.807) is 6.92 Å². The number of hydrogen-bond donors (Lipinski definition) is 5. The van der Waals surface area contributed by atoms with Crippen molar-refractivity contribution >= 4 is 32.4 Å². The third-order valence-electron chi connectivity index (χ3n) is 10.2. The average molecular weight is 575 g/mol. The zero-order chi connectivity index (χ0) is 27.1. The van der Waals surface area contributed by atoms with Gasteiger partial charge in [0.1, 0.15) is 30.0 Å². The zero-order valence-corrected chi connectivity index (χ0v) is 23.0. The molecule has 0 radical (unpaired) electrons. The highest BCUT2D eigenvalue weighted by Gasteiger charge is 2.73. The first kappa shape index (κ1) is 28.4. The third-order valence-corrected chi connectivity index (χ3v) is 11.6. The molecule has 3 N–H and O–H groups in total. The molecule has 0 bridgehead atoms. The van der Waals surface area contributed by atoms with Crippen molar-refractivity contribution in [2.75, 3.05) is 0 Å². The van der Waals surface area contributed by atoms with Crippen LogP contribution in [0.3, 0.4) is 0 Å². The summed E-state index contributed by atoms with van der Waals surface area (Å²) in [5, 5.41) is 23.4. The van der Waals surface area contributed by atoms with Crippen molar-refractivity contribution in [1.82, 2.24) is 0 Å². The third kappa shape index (κ3) is 4.01. The number of hydrogen-bond acceptors (Lipinski definition) is 11. The Bertz CT molecular complexity index is 1190. The first-order valence-electron chi connectivity index (χ1n) is 11.8. The van der Waals surface area contributed by atoms with Crippen molar-refractivity contribution in [1.29, 1.82) is 0 Å². The normalized spacial score (nSPS) is 48.9. The first-order chi connectivity index (χ1) is 16.4. The summed E-state index contributed by atoms with van der Waals surface area (Å²) < 4.78 is 93.8. The van der Waals surface area contributed by atoms with Crippen LogP contribution in [0.4, 0.5) is 0 Å². The predicted octanol–water partition coefficient (Wildman–Crippen LogP) is 0.292. The number of allylic oxidation sites excluding steroid dienone is 1. The molecule has 10 atom stereocenters. The van der Waals surface area contributed by atoms with Crippen LogP contribution < -0.4 is 0 Å². The Labute approximate surface area is 214 Å². The lowest BCUT2D eigenvalue weighted by Gasteiger charge is -2.66. The van der Waals surface area contributed by atoms with Crippen LogP contribution in [0, 0.1) is 28.1 Å². The summed E-state index contributed by atoms with van der Waals surface area (Å²) in [5.74, 6) is -0.000735. The monoisotopic (exact) mass is 574 g/mol. The molecule has 4 rings (SSSR count). The zero-order valence-electron chi connectivity index (χ0n) is 20.4. The number of fused-ring (bicyclic) bond motifs is 5. The van der Waals surface area contributed by atoms with Crippen molar-refractivity contribution < 1.29 is 52.6 Å². The Hall–Kier alpha value is -0.650. The van der Waals surface area contributed by atoms with Crippen LogP contribution >= 0.6 is 0 Å². The topological polar surface area (TPSA) is 191 Å². The van der Waals surface area contributed by atoms with Gasteiger partial charge in [0.2, 0.25) is 0 Å². The van der Waals surface area contributed by atoms with Crippen LogP contribution in [0.15, 0.2) is 11.6 Å². The molecule has 12 nitrogen and oxygen atoms in total. The van der Waals surface area contributed by atoms with E-state index in [2.05, 4.69) is 20.8 Å². The summed E-state index contributed by atoms with van der Waals surface area (Å²) in [7, 11) is -12.2. The standard InChI is InChI=1S/C21H34O12S3/c1-11-5-7-19(3)13-9-15(33-36(28,29)30)21(23)17(22)16(32-35(26)27)14(31-34(24)25)10-20(21,4)12(13)6-8-18(11,19)2/h6,11,13-17,22-23,34-35H,5,7-10H2,1-4H3,(H,28,29,30)/t11-,13+,14-,15-,16+,17-,18+,19-,20+,21+/m0/s1. The van der Waals surface area contributed by atoms with Gasteiger partial charge in [0.25, 0.3) is 22.0 Å². The minimum atomic E-state index is -5.12. The van der Waals surface area contributed by atoms with E-state index in [0.717, 1.165) is 12.8 Å². The van der Waals surface area contributed by atoms with E-state index < -0.39 is 67.8 Å². The van der Waals surface area contributed by atoms with Gasteiger partial charge in [-0.3, -0.25) is 12.9 Å². The molecule has 0 unspecified atom stereocenters. The highest BCUT2D eigenvalue weighted by Crippen LogP contribution is 2.71. The highest BCUT2D eigenvalue weighted by atomic mass is 32.3. The van der Waals surface area contributed by atoms with E-state index in [9.17, 15) is 40.0 Å². The molecule has 3 fully saturated rings. The second kappa shape index (κ2) is 8.95. The van der Waals surface area contributed by atoms with E-state index >= 15 is 0 Å². The van der Waals surface area contributed by atoms with Gasteiger partial charge in [-0.25, -0.2) is 21.0 Å². The molecule has 3 saturated carbocycles. The van der Waals surface area contributed by atoms with E-state index in [-0.39, 0.29) is 29.6 Å². The fourth-order valence-corrected chi connectivity index (χ4v) is 9.32. The van der Waals surface area contributed by atoms with Crippen LogP contribution in [0.25, 0.3) is 0 Å². The van der Waals surface area contributed by atoms with Gasteiger partial charge in [-0.1, -0.05) is 39.3 Å². The molecular weight excluding hydrogens is 540 g/mol.